The molecular formula is C68H102N12O18. The van der Waals surface area contributed by atoms with Crippen LogP contribution in [0.2, 0.25) is 0 Å². The first-order valence-corrected chi connectivity index (χ1v) is 31.8. The Balaban J connectivity index is 1.74. The van der Waals surface area contributed by atoms with Gasteiger partial charge >= 0.3 is 36.6 Å². The van der Waals surface area contributed by atoms with Crippen LogP contribution in [0, 0.1) is 27.7 Å². The largest absolute Gasteiger partial charge is 0.445 e. The Morgan fingerprint density at radius 2 is 0.398 bits per heavy atom. The summed E-state index contributed by atoms with van der Waals surface area (Å²) in [5.74, 6) is -1.76. The highest BCUT2D eigenvalue weighted by atomic mass is 16.6. The van der Waals surface area contributed by atoms with Crippen LogP contribution in [0.15, 0.2) is 36.4 Å². The van der Waals surface area contributed by atoms with Crippen molar-refractivity contribution in [2.45, 2.75) is 95.0 Å². The summed E-state index contributed by atoms with van der Waals surface area (Å²) in [6.07, 6.45) is -4.24. The average molecular weight is 1380 g/mol. The molecule has 30 heteroatoms. The van der Waals surface area contributed by atoms with E-state index in [0.717, 1.165) is 5.56 Å². The Hall–Kier alpha value is -9.90. The first kappa shape index (κ1) is 82.3. The molecule has 0 spiro atoms. The van der Waals surface area contributed by atoms with Crippen molar-refractivity contribution in [3.05, 3.63) is 103 Å². The zero-order valence-corrected chi connectivity index (χ0v) is 60.9. The number of ether oxygens (including phenoxy) is 6. The number of amides is 12. The van der Waals surface area contributed by atoms with Gasteiger partial charge in [0.25, 0.3) is 11.8 Å². The van der Waals surface area contributed by atoms with Gasteiger partial charge in [-0.15, -0.1) is 0 Å². The van der Waals surface area contributed by atoms with Gasteiger partial charge in [-0.2, -0.15) is 0 Å². The van der Waals surface area contributed by atoms with Crippen molar-refractivity contribution in [2.24, 2.45) is 0 Å². The fourth-order valence-electron chi connectivity index (χ4n) is 9.26. The lowest BCUT2D eigenvalue weighted by atomic mass is 9.97. The van der Waals surface area contributed by atoms with Crippen LogP contribution in [0.3, 0.4) is 0 Å². The van der Waals surface area contributed by atoms with Crippen LogP contribution in [0.5, 0.6) is 0 Å². The molecule has 0 fully saturated rings. The summed E-state index contributed by atoms with van der Waals surface area (Å²) >= 11 is 0. The number of aryl methyl sites for hydroxylation is 3. The molecule has 0 aliphatic carbocycles. The van der Waals surface area contributed by atoms with Gasteiger partial charge in [-0.25, -0.2) is 28.8 Å². The maximum atomic E-state index is 14.5. The summed E-state index contributed by atoms with van der Waals surface area (Å²) in [4.78, 5) is 172. The Bertz CT molecular complexity index is 3000. The molecule has 30 nitrogen and oxygen atoms in total. The van der Waals surface area contributed by atoms with Gasteiger partial charge in [0.2, 0.25) is 23.6 Å². The van der Waals surface area contributed by atoms with Gasteiger partial charge in [-0.3, -0.25) is 28.8 Å². The van der Waals surface area contributed by atoms with Gasteiger partial charge in [-0.1, -0.05) is 53.1 Å². The molecule has 98 heavy (non-hydrogen) atoms. The van der Waals surface area contributed by atoms with E-state index < -0.39 is 48.4 Å². The van der Waals surface area contributed by atoms with Crippen LogP contribution in [0.25, 0.3) is 0 Å². The van der Waals surface area contributed by atoms with Crippen LogP contribution >= 0.6 is 0 Å². The van der Waals surface area contributed by atoms with E-state index in [1.54, 1.807) is 73.2 Å². The van der Waals surface area contributed by atoms with Crippen LogP contribution in [0.1, 0.15) is 104 Å². The minimum Gasteiger partial charge on any atom is -0.445 e. The molecular weight excluding hydrogens is 1270 g/mol. The second-order valence-corrected chi connectivity index (χ2v) is 24.7. The Labute approximate surface area is 576 Å². The fraction of sp³-hybridized carbons (Fsp3) is 0.559. The summed E-state index contributed by atoms with van der Waals surface area (Å²) in [6.45, 7) is 12.9. The Morgan fingerprint density at radius 1 is 0.245 bits per heavy atom. The lowest BCUT2D eigenvalue weighted by molar-refractivity contribution is -0.128. The van der Waals surface area contributed by atoms with E-state index in [1.807, 2.05) is 19.1 Å². The third-order valence-electron chi connectivity index (χ3n) is 16.5. The minimum atomic E-state index is -0.708. The highest BCUT2D eigenvalue weighted by Gasteiger charge is 2.28. The molecule has 0 aromatic heterocycles. The van der Waals surface area contributed by atoms with Crippen LogP contribution in [-0.2, 0) is 87.2 Å². The maximum Gasteiger partial charge on any atom is 0.409 e. The fourth-order valence-corrected chi connectivity index (χ4v) is 9.26. The number of carbonyl (C=O) groups is 12. The van der Waals surface area contributed by atoms with Crippen molar-refractivity contribution < 1.29 is 86.0 Å². The van der Waals surface area contributed by atoms with E-state index in [1.165, 1.54) is 143 Å². The van der Waals surface area contributed by atoms with Crippen molar-refractivity contribution in [3.8, 4) is 0 Å². The third-order valence-corrected chi connectivity index (χ3v) is 16.5. The van der Waals surface area contributed by atoms with Gasteiger partial charge in [0, 0.05) is 213 Å². The minimum absolute atomic E-state index is 0.00694. The zero-order chi connectivity index (χ0) is 74.0. The number of rotatable bonds is 32. The first-order chi connectivity index (χ1) is 45.8. The smallest absolute Gasteiger partial charge is 0.409 e. The van der Waals surface area contributed by atoms with Gasteiger partial charge in [0.05, 0.1) is 11.1 Å². The quantitative estimate of drug-likeness (QED) is 0.0668. The highest BCUT2D eigenvalue weighted by Crippen LogP contribution is 2.26. The topological polar surface area (TPSA) is 299 Å². The number of carbonyl (C=O) groups excluding carboxylic acids is 12. The van der Waals surface area contributed by atoms with E-state index in [-0.39, 0.29) is 153 Å². The molecule has 0 N–H and O–H groups in total. The molecule has 0 aliphatic heterocycles. The second kappa shape index (κ2) is 39.3. The number of hydrogen-bond donors (Lipinski definition) is 0. The van der Waals surface area contributed by atoms with Crippen molar-refractivity contribution in [2.75, 3.05) is 163 Å². The molecule has 12 amide bonds. The number of hydrogen-bond acceptors (Lipinski definition) is 18. The maximum absolute atomic E-state index is 14.5. The van der Waals surface area contributed by atoms with E-state index in [0.29, 0.717) is 50.1 Å². The Morgan fingerprint density at radius 3 is 0.582 bits per heavy atom. The summed E-state index contributed by atoms with van der Waals surface area (Å²) < 4.78 is 34.2. The van der Waals surface area contributed by atoms with Crippen LogP contribution in [-0.4, -0.2) is 294 Å². The summed E-state index contributed by atoms with van der Waals surface area (Å²) in [7, 11) is 18.6. The van der Waals surface area contributed by atoms with Gasteiger partial charge in [-0.05, 0) is 44.4 Å². The predicted molar refractivity (Wildman–Crippen MR) is 362 cm³/mol. The molecule has 3 rings (SSSR count). The monoisotopic (exact) mass is 1370 g/mol. The number of nitrogens with zero attached hydrogens (tertiary/aromatic N) is 12. The van der Waals surface area contributed by atoms with E-state index in [2.05, 4.69) is 0 Å². The summed E-state index contributed by atoms with van der Waals surface area (Å²) in [5, 5.41) is 0. The first-order valence-electron chi connectivity index (χ1n) is 31.8. The molecule has 0 unspecified atom stereocenters. The number of likely N-dealkylation sites (N-methyl/N-ethyl adjacent to an activating group) is 12. The molecule has 0 saturated carbocycles. The van der Waals surface area contributed by atoms with Gasteiger partial charge < -0.3 is 87.2 Å². The van der Waals surface area contributed by atoms with Crippen molar-refractivity contribution in [3.63, 3.8) is 0 Å². The second-order valence-electron chi connectivity index (χ2n) is 24.7. The lowest BCUT2D eigenvalue weighted by Gasteiger charge is -2.26. The number of benzene rings is 3. The summed E-state index contributed by atoms with van der Waals surface area (Å²) in [5.41, 5.74) is 5.62. The van der Waals surface area contributed by atoms with Gasteiger partial charge in [0.15, 0.2) is 0 Å². The molecule has 0 heterocycles. The van der Waals surface area contributed by atoms with E-state index in [4.69, 9.17) is 28.4 Å². The van der Waals surface area contributed by atoms with Crippen LogP contribution in [0.4, 0.5) is 28.8 Å². The van der Waals surface area contributed by atoms with Crippen molar-refractivity contribution in [1.82, 2.24) is 58.8 Å². The normalized spacial score (nSPS) is 10.7. The van der Waals surface area contributed by atoms with E-state index in [9.17, 15) is 57.5 Å². The standard InChI is InChI=1S/C68H102N12O18/c1-45-33-53(39-93-63(87)79(19)31-25-73(13)61(85)59-55(41-95-65(89)75(15)27-21-69(9)49(5)81)35-46(2)36-56(59)42-96-66(90)76(16)28-22-70(10)50(6)82)48(4)54(34-45)40-94-64(88)80(20)32-26-74(14)62(86)60-57(43-97-67(91)77(17)29-23-71(11)51(7)83)37-47(3)38-58(60)44-98-68(92)78(18)30-24-72(12)52(8)84/h33-38H,21-32,39-44H2,1-20H3. The molecule has 542 valence electrons. The lowest BCUT2D eigenvalue weighted by Crippen LogP contribution is -2.39. The van der Waals surface area contributed by atoms with E-state index >= 15 is 0 Å². The Kier molecular flexibility index (Phi) is 33.1. The van der Waals surface area contributed by atoms with Crippen molar-refractivity contribution in [1.29, 1.82) is 0 Å². The molecule has 0 aliphatic rings. The SMILES string of the molecule is CC(=O)N(C)CCN(C)C(=O)OCc1cc(C)cc(COC(=O)N(C)CCN(C)C(C)=O)c1C(=O)N(C)CCN(C)C(=O)OCc1cc(C)cc(COC(=O)N(C)CCN(C)C(=O)c2c(COC(=O)N(C)CCN(C)C(C)=O)cc(C)cc2COC(=O)N(C)CCN(C)C(C)=O)c1C. The molecule has 0 bridgehead atoms. The highest BCUT2D eigenvalue weighted by molar-refractivity contribution is 5.98. The third kappa shape index (κ3) is 26.3. The molecule has 3 aromatic rings. The molecule has 0 atom stereocenters. The predicted octanol–water partition coefficient (Wildman–Crippen LogP) is 5.79. The zero-order valence-electron chi connectivity index (χ0n) is 60.9. The summed E-state index contributed by atoms with van der Waals surface area (Å²) in [6, 6.07) is 10.4. The molecule has 0 saturated heterocycles. The van der Waals surface area contributed by atoms with Gasteiger partial charge in [0.1, 0.15) is 39.6 Å². The van der Waals surface area contributed by atoms with Crippen molar-refractivity contribution >= 4 is 72.0 Å². The molecule has 3 aromatic carbocycles. The average Bonchev–Trinajstić information content (AvgIpc) is 0.809. The van der Waals surface area contributed by atoms with Crippen LogP contribution < -0.4 is 0 Å². The molecule has 0 radical (unpaired) electrons.